The van der Waals surface area contributed by atoms with Crippen molar-refractivity contribution in [3.05, 3.63) is 52.7 Å². The van der Waals surface area contributed by atoms with Crippen LogP contribution in [0.4, 0.5) is 20.3 Å². The zero-order chi connectivity index (χ0) is 22.4. The summed E-state index contributed by atoms with van der Waals surface area (Å²) in [6.45, 7) is 0.435. The van der Waals surface area contributed by atoms with Crippen LogP contribution >= 0.6 is 0 Å². The Hall–Kier alpha value is -3.21. The Morgan fingerprint density at radius 2 is 1.94 bits per heavy atom. The second-order valence-electron chi connectivity index (χ2n) is 8.95. The van der Waals surface area contributed by atoms with Gasteiger partial charge in [-0.05, 0) is 61.3 Å². The normalized spacial score (nSPS) is 27.9. The van der Waals surface area contributed by atoms with E-state index in [9.17, 15) is 14.4 Å². The number of fused-ring (bicyclic) bond motifs is 4. The summed E-state index contributed by atoms with van der Waals surface area (Å²) < 4.78 is 34.0. The van der Waals surface area contributed by atoms with Crippen LogP contribution in [-0.4, -0.2) is 30.6 Å². The molecule has 3 aliphatic carbocycles. The first kappa shape index (κ1) is 20.7. The molecule has 2 aromatic rings. The number of hydrogen-bond acceptors (Lipinski definition) is 6. The molecule has 3 saturated carbocycles. The Kier molecular flexibility index (Phi) is 5.20. The summed E-state index contributed by atoms with van der Waals surface area (Å²) in [6.07, 6.45) is 5.08. The van der Waals surface area contributed by atoms with Gasteiger partial charge in [-0.3, -0.25) is 4.79 Å². The summed E-state index contributed by atoms with van der Waals surface area (Å²) in [5.74, 6) is -0.868. The predicted molar refractivity (Wildman–Crippen MR) is 114 cm³/mol. The molecule has 1 aliphatic heterocycles. The lowest BCUT2D eigenvalue weighted by Gasteiger charge is -2.47. The third kappa shape index (κ3) is 3.36. The molecule has 1 aromatic heterocycles. The number of nitrogens with zero attached hydrogens (tertiary/aromatic N) is 2. The molecule has 2 N–H and O–H groups in total. The Morgan fingerprint density at radius 3 is 2.66 bits per heavy atom. The molecule has 8 heteroatoms. The Labute approximate surface area is 185 Å². The van der Waals surface area contributed by atoms with Crippen molar-refractivity contribution in [1.82, 2.24) is 4.98 Å². The lowest BCUT2D eigenvalue weighted by Crippen LogP contribution is -2.51. The van der Waals surface area contributed by atoms with Gasteiger partial charge >= 0.3 is 5.97 Å². The zero-order valence-electron chi connectivity index (χ0n) is 17.7. The summed E-state index contributed by atoms with van der Waals surface area (Å²) in [5.41, 5.74) is 1.70. The van der Waals surface area contributed by atoms with E-state index in [0.717, 1.165) is 31.9 Å². The van der Waals surface area contributed by atoms with E-state index in [4.69, 9.17) is 4.74 Å². The Bertz CT molecular complexity index is 1110. The fourth-order valence-corrected chi connectivity index (χ4v) is 5.85. The molecule has 0 radical (unpaired) electrons. The first-order chi connectivity index (χ1) is 15.5. The molecule has 2 heterocycles. The molecule has 4 aliphatic rings. The molecule has 0 spiro atoms. The van der Waals surface area contributed by atoms with Crippen LogP contribution in [-0.2, 0) is 9.53 Å². The summed E-state index contributed by atoms with van der Waals surface area (Å²) in [7, 11) is 1.39. The fraction of sp³-hybridized carbons (Fsp3) is 0.458. The highest BCUT2D eigenvalue weighted by atomic mass is 19.1. The number of halogens is 2. The maximum Gasteiger partial charge on any atom is 0.311 e. The molecule has 6 rings (SSSR count). The van der Waals surface area contributed by atoms with Gasteiger partial charge in [0, 0.05) is 24.1 Å². The van der Waals surface area contributed by atoms with Crippen LogP contribution in [0.3, 0.4) is 0 Å². The predicted octanol–water partition coefficient (Wildman–Crippen LogP) is 4.18. The SMILES string of the molecule is COC(=O)[C@H]1C2CCC(CC2)[C@@H]1Nc1cc(C2CNc3ncc(F)cc32)c(C#N)cc1F. The van der Waals surface area contributed by atoms with Crippen LogP contribution in [0.15, 0.2) is 24.4 Å². The molecule has 6 nitrogen and oxygen atoms in total. The number of hydrogen-bond donors (Lipinski definition) is 2. The van der Waals surface area contributed by atoms with Crippen LogP contribution in [0.1, 0.15) is 48.3 Å². The van der Waals surface area contributed by atoms with Gasteiger partial charge < -0.3 is 15.4 Å². The number of anilines is 2. The van der Waals surface area contributed by atoms with Gasteiger partial charge in [0.2, 0.25) is 0 Å². The third-order valence-corrected chi connectivity index (χ3v) is 7.38. The number of ether oxygens (including phenoxy) is 1. The number of rotatable bonds is 4. The number of methoxy groups -OCH3 is 1. The van der Waals surface area contributed by atoms with Crippen molar-refractivity contribution in [2.24, 2.45) is 17.8 Å². The number of esters is 1. The van der Waals surface area contributed by atoms with E-state index in [0.29, 0.717) is 23.5 Å². The van der Waals surface area contributed by atoms with E-state index < -0.39 is 11.6 Å². The highest BCUT2D eigenvalue weighted by Gasteiger charge is 2.48. The monoisotopic (exact) mass is 438 g/mol. The summed E-state index contributed by atoms with van der Waals surface area (Å²) in [4.78, 5) is 16.6. The molecule has 2 bridgehead atoms. The minimum atomic E-state index is -0.543. The number of carbonyl (C=O) groups excluding carboxylic acids is 1. The molecular weight excluding hydrogens is 414 g/mol. The van der Waals surface area contributed by atoms with Gasteiger partial charge in [-0.1, -0.05) is 0 Å². The van der Waals surface area contributed by atoms with Gasteiger partial charge in [0.25, 0.3) is 0 Å². The fourth-order valence-electron chi connectivity index (χ4n) is 5.85. The average Bonchev–Trinajstić information content (AvgIpc) is 3.23. The van der Waals surface area contributed by atoms with Crippen LogP contribution in [0.2, 0.25) is 0 Å². The zero-order valence-corrected chi connectivity index (χ0v) is 17.7. The molecule has 0 saturated heterocycles. The largest absolute Gasteiger partial charge is 0.469 e. The lowest BCUT2D eigenvalue weighted by atomic mass is 9.61. The molecule has 166 valence electrons. The van der Waals surface area contributed by atoms with E-state index in [1.54, 1.807) is 6.07 Å². The standard InChI is InChI=1S/C24H24F2N4O2/c1-32-24(31)21-12-2-4-13(5-3-12)22(21)30-20-8-16(14(9-27)6-19(20)26)18-11-29-23-17(18)7-15(25)10-28-23/h6-8,10,12-13,18,21-22,30H,2-5,11H2,1H3,(H,28,29)/t12?,13?,18?,21-,22-/m0/s1. The quantitative estimate of drug-likeness (QED) is 0.697. The number of benzene rings is 1. The van der Waals surface area contributed by atoms with Crippen molar-refractivity contribution in [3.8, 4) is 6.07 Å². The second-order valence-corrected chi connectivity index (χ2v) is 8.95. The summed E-state index contributed by atoms with van der Waals surface area (Å²) in [5, 5.41) is 16.1. The first-order valence-corrected chi connectivity index (χ1v) is 11.0. The number of aromatic nitrogens is 1. The molecule has 32 heavy (non-hydrogen) atoms. The molecule has 1 unspecified atom stereocenters. The van der Waals surface area contributed by atoms with Crippen LogP contribution in [0.25, 0.3) is 0 Å². The molecule has 0 amide bonds. The lowest BCUT2D eigenvalue weighted by molar-refractivity contribution is -0.152. The Morgan fingerprint density at radius 1 is 1.19 bits per heavy atom. The highest BCUT2D eigenvalue weighted by Crippen LogP contribution is 2.47. The van der Waals surface area contributed by atoms with Crippen molar-refractivity contribution >= 4 is 17.5 Å². The van der Waals surface area contributed by atoms with Gasteiger partial charge in [-0.15, -0.1) is 0 Å². The van der Waals surface area contributed by atoms with Gasteiger partial charge in [0.15, 0.2) is 0 Å². The van der Waals surface area contributed by atoms with E-state index in [-0.39, 0.29) is 46.9 Å². The second kappa shape index (κ2) is 8.05. The van der Waals surface area contributed by atoms with Crippen LogP contribution in [0, 0.1) is 40.7 Å². The minimum absolute atomic E-state index is 0.201. The van der Waals surface area contributed by atoms with E-state index in [1.807, 2.05) is 0 Å². The number of carbonyl (C=O) groups is 1. The van der Waals surface area contributed by atoms with E-state index in [2.05, 4.69) is 21.7 Å². The van der Waals surface area contributed by atoms with E-state index in [1.165, 1.54) is 19.2 Å². The average molecular weight is 438 g/mol. The van der Waals surface area contributed by atoms with Crippen LogP contribution < -0.4 is 10.6 Å². The third-order valence-electron chi connectivity index (χ3n) is 7.38. The summed E-state index contributed by atoms with van der Waals surface area (Å²) >= 11 is 0. The molecular formula is C24H24F2N4O2. The van der Waals surface area contributed by atoms with Crippen molar-refractivity contribution < 1.29 is 18.3 Å². The van der Waals surface area contributed by atoms with Crippen molar-refractivity contribution in [2.45, 2.75) is 37.6 Å². The number of pyridine rings is 1. The van der Waals surface area contributed by atoms with Gasteiger partial charge in [0.05, 0.1) is 36.5 Å². The first-order valence-electron chi connectivity index (χ1n) is 11.0. The Balaban J connectivity index is 1.52. The van der Waals surface area contributed by atoms with Gasteiger partial charge in [-0.25, -0.2) is 13.8 Å². The van der Waals surface area contributed by atoms with Crippen molar-refractivity contribution in [3.63, 3.8) is 0 Å². The van der Waals surface area contributed by atoms with Crippen molar-refractivity contribution in [1.29, 1.82) is 5.26 Å². The smallest absolute Gasteiger partial charge is 0.311 e. The number of nitrogens with one attached hydrogen (secondary N) is 2. The minimum Gasteiger partial charge on any atom is -0.469 e. The van der Waals surface area contributed by atoms with E-state index >= 15 is 4.39 Å². The van der Waals surface area contributed by atoms with Gasteiger partial charge in [-0.2, -0.15) is 5.26 Å². The maximum atomic E-state index is 15.1. The maximum absolute atomic E-state index is 15.1. The highest BCUT2D eigenvalue weighted by molar-refractivity contribution is 5.75. The molecule has 3 atom stereocenters. The topological polar surface area (TPSA) is 87.0 Å². The molecule has 1 aromatic carbocycles. The van der Waals surface area contributed by atoms with Crippen molar-refractivity contribution in [2.75, 3.05) is 24.3 Å². The summed E-state index contributed by atoms with van der Waals surface area (Å²) in [6, 6.07) is 6.10. The number of nitriles is 1. The van der Waals surface area contributed by atoms with Crippen LogP contribution in [0.5, 0.6) is 0 Å². The molecule has 3 fully saturated rings. The van der Waals surface area contributed by atoms with Gasteiger partial charge in [0.1, 0.15) is 17.5 Å².